The third kappa shape index (κ3) is 2.89. The second-order valence-electron chi connectivity index (χ2n) is 5.69. The van der Waals surface area contributed by atoms with Gasteiger partial charge in [-0.25, -0.2) is 4.68 Å². The minimum absolute atomic E-state index is 0.130. The van der Waals surface area contributed by atoms with E-state index in [2.05, 4.69) is 15.6 Å². The first-order valence-electron chi connectivity index (χ1n) is 7.57. The van der Waals surface area contributed by atoms with Gasteiger partial charge >= 0.3 is 0 Å². The zero-order valence-corrected chi connectivity index (χ0v) is 13.0. The number of nitrogens with one attached hydrogen (secondary N) is 1. The lowest BCUT2D eigenvalue weighted by Crippen LogP contribution is -2.30. The molecule has 0 bridgehead atoms. The molecular formula is C15H21N5O2. The summed E-state index contributed by atoms with van der Waals surface area (Å²) in [5, 5.41) is 11.6. The van der Waals surface area contributed by atoms with Crippen molar-refractivity contribution in [1.29, 1.82) is 0 Å². The predicted molar refractivity (Wildman–Crippen MR) is 80.4 cm³/mol. The van der Waals surface area contributed by atoms with Gasteiger partial charge in [-0.15, -0.1) is 5.10 Å². The molecule has 1 aliphatic heterocycles. The van der Waals surface area contributed by atoms with Crippen LogP contribution >= 0.6 is 0 Å². The average molecular weight is 303 g/mol. The largest absolute Gasteiger partial charge is 0.467 e. The summed E-state index contributed by atoms with van der Waals surface area (Å²) < 4.78 is 7.18. The van der Waals surface area contributed by atoms with Crippen LogP contribution in [0.4, 0.5) is 0 Å². The maximum Gasteiger partial charge on any atom is 0.276 e. The van der Waals surface area contributed by atoms with Crippen molar-refractivity contribution in [3.63, 3.8) is 0 Å². The highest BCUT2D eigenvalue weighted by Gasteiger charge is 2.24. The van der Waals surface area contributed by atoms with Gasteiger partial charge in [0.1, 0.15) is 5.76 Å². The molecule has 118 valence electrons. The third-order valence-electron chi connectivity index (χ3n) is 4.10. The monoisotopic (exact) mass is 303 g/mol. The highest BCUT2D eigenvalue weighted by Crippen LogP contribution is 2.21. The highest BCUT2D eigenvalue weighted by molar-refractivity contribution is 5.93. The Morgan fingerprint density at radius 1 is 1.50 bits per heavy atom. The van der Waals surface area contributed by atoms with Crippen molar-refractivity contribution in [2.24, 2.45) is 0 Å². The Morgan fingerprint density at radius 3 is 2.95 bits per heavy atom. The molecule has 2 aromatic rings. The Kier molecular flexibility index (Phi) is 4.24. The molecule has 0 spiro atoms. The molecule has 3 rings (SSSR count). The van der Waals surface area contributed by atoms with Gasteiger partial charge in [0.2, 0.25) is 0 Å². The van der Waals surface area contributed by atoms with E-state index in [1.165, 1.54) is 0 Å². The number of aromatic nitrogens is 3. The molecule has 0 atom stereocenters. The van der Waals surface area contributed by atoms with Gasteiger partial charge in [0, 0.05) is 7.05 Å². The molecule has 2 aromatic heterocycles. The standard InChI is InChI=1S/C15H21N5O2/c1-11-14(15(21)19(2)10-13-4-3-9-22-13)17-18-20(11)12-5-7-16-8-6-12/h3-4,9,12,16H,5-8,10H2,1-2H3. The number of amides is 1. The Bertz CT molecular complexity index is 628. The highest BCUT2D eigenvalue weighted by atomic mass is 16.3. The zero-order valence-electron chi connectivity index (χ0n) is 13.0. The third-order valence-corrected chi connectivity index (χ3v) is 4.10. The van der Waals surface area contributed by atoms with E-state index < -0.39 is 0 Å². The van der Waals surface area contributed by atoms with Crippen LogP contribution in [-0.2, 0) is 6.54 Å². The molecule has 1 N–H and O–H groups in total. The van der Waals surface area contributed by atoms with E-state index in [9.17, 15) is 4.79 Å². The lowest BCUT2D eigenvalue weighted by Gasteiger charge is -2.23. The molecule has 1 fully saturated rings. The molecule has 0 aliphatic carbocycles. The van der Waals surface area contributed by atoms with Crippen molar-refractivity contribution >= 4 is 5.91 Å². The van der Waals surface area contributed by atoms with Gasteiger partial charge in [0.15, 0.2) is 5.69 Å². The van der Waals surface area contributed by atoms with Gasteiger partial charge in [-0.2, -0.15) is 0 Å². The maximum absolute atomic E-state index is 12.5. The van der Waals surface area contributed by atoms with Gasteiger partial charge in [0.25, 0.3) is 5.91 Å². The number of nitrogens with zero attached hydrogens (tertiary/aromatic N) is 4. The lowest BCUT2D eigenvalue weighted by atomic mass is 10.1. The van der Waals surface area contributed by atoms with Crippen molar-refractivity contribution in [2.45, 2.75) is 32.4 Å². The van der Waals surface area contributed by atoms with E-state index >= 15 is 0 Å². The van der Waals surface area contributed by atoms with Crippen LogP contribution in [0.2, 0.25) is 0 Å². The molecular weight excluding hydrogens is 282 g/mol. The van der Waals surface area contributed by atoms with Crippen LogP contribution in [0, 0.1) is 6.92 Å². The van der Waals surface area contributed by atoms with Crippen molar-refractivity contribution in [3.8, 4) is 0 Å². The Balaban J connectivity index is 1.73. The van der Waals surface area contributed by atoms with E-state index in [4.69, 9.17) is 4.42 Å². The molecule has 0 radical (unpaired) electrons. The van der Waals surface area contributed by atoms with Gasteiger partial charge in [-0.05, 0) is 45.0 Å². The first-order valence-corrected chi connectivity index (χ1v) is 7.57. The first kappa shape index (κ1) is 14.8. The number of piperidine rings is 1. The van der Waals surface area contributed by atoms with Crippen LogP contribution in [-0.4, -0.2) is 45.9 Å². The minimum atomic E-state index is -0.130. The fourth-order valence-corrected chi connectivity index (χ4v) is 2.83. The summed E-state index contributed by atoms with van der Waals surface area (Å²) in [5.41, 5.74) is 1.26. The zero-order chi connectivity index (χ0) is 15.5. The van der Waals surface area contributed by atoms with Gasteiger partial charge in [-0.3, -0.25) is 4.79 Å². The maximum atomic E-state index is 12.5. The number of hydrogen-bond acceptors (Lipinski definition) is 5. The number of carbonyl (C=O) groups is 1. The average Bonchev–Trinajstić information content (AvgIpc) is 3.17. The number of hydrogen-bond donors (Lipinski definition) is 1. The van der Waals surface area contributed by atoms with Crippen molar-refractivity contribution in [3.05, 3.63) is 35.5 Å². The molecule has 7 nitrogen and oxygen atoms in total. The smallest absolute Gasteiger partial charge is 0.276 e. The number of furan rings is 1. The molecule has 1 saturated heterocycles. The summed E-state index contributed by atoms with van der Waals surface area (Å²) >= 11 is 0. The summed E-state index contributed by atoms with van der Waals surface area (Å²) in [7, 11) is 1.74. The van der Waals surface area contributed by atoms with Gasteiger partial charge in [-0.1, -0.05) is 5.21 Å². The topological polar surface area (TPSA) is 76.2 Å². The second kappa shape index (κ2) is 6.31. The van der Waals surface area contributed by atoms with E-state index in [0.29, 0.717) is 18.3 Å². The SMILES string of the molecule is Cc1c(C(=O)N(C)Cc2ccco2)nnn1C1CCNCC1. The van der Waals surface area contributed by atoms with Crippen LogP contribution in [0.1, 0.15) is 40.8 Å². The second-order valence-corrected chi connectivity index (χ2v) is 5.69. The van der Waals surface area contributed by atoms with Crippen molar-refractivity contribution in [2.75, 3.05) is 20.1 Å². The van der Waals surface area contributed by atoms with E-state index in [-0.39, 0.29) is 5.91 Å². The summed E-state index contributed by atoms with van der Waals surface area (Å²) in [6.07, 6.45) is 3.63. The van der Waals surface area contributed by atoms with Gasteiger partial charge < -0.3 is 14.6 Å². The molecule has 0 saturated carbocycles. The van der Waals surface area contributed by atoms with E-state index in [1.54, 1.807) is 18.2 Å². The number of carbonyl (C=O) groups excluding carboxylic acids is 1. The first-order chi connectivity index (χ1) is 10.7. The lowest BCUT2D eigenvalue weighted by molar-refractivity contribution is 0.0768. The summed E-state index contributed by atoms with van der Waals surface area (Å²) in [4.78, 5) is 14.1. The molecule has 0 aromatic carbocycles. The van der Waals surface area contributed by atoms with Crippen molar-refractivity contribution < 1.29 is 9.21 Å². The van der Waals surface area contributed by atoms with E-state index in [0.717, 1.165) is 37.4 Å². The fourth-order valence-electron chi connectivity index (χ4n) is 2.83. The minimum Gasteiger partial charge on any atom is -0.467 e. The predicted octanol–water partition coefficient (Wildman–Crippen LogP) is 1.38. The normalized spacial score (nSPS) is 15.9. The molecule has 0 unspecified atom stereocenters. The van der Waals surface area contributed by atoms with Crippen LogP contribution in [0.15, 0.2) is 22.8 Å². The van der Waals surface area contributed by atoms with E-state index in [1.807, 2.05) is 23.7 Å². The molecule has 1 amide bonds. The summed E-state index contributed by atoms with van der Waals surface area (Å²) in [6, 6.07) is 3.99. The Morgan fingerprint density at radius 2 is 2.27 bits per heavy atom. The van der Waals surface area contributed by atoms with Crippen LogP contribution in [0.3, 0.4) is 0 Å². The van der Waals surface area contributed by atoms with Crippen LogP contribution < -0.4 is 5.32 Å². The molecule has 3 heterocycles. The summed E-state index contributed by atoms with van der Waals surface area (Å²) in [6.45, 7) is 4.29. The van der Waals surface area contributed by atoms with Crippen LogP contribution in [0.25, 0.3) is 0 Å². The quantitative estimate of drug-likeness (QED) is 0.923. The van der Waals surface area contributed by atoms with Gasteiger partial charge in [0.05, 0.1) is 24.5 Å². The molecule has 22 heavy (non-hydrogen) atoms. The Hall–Kier alpha value is -2.15. The summed E-state index contributed by atoms with van der Waals surface area (Å²) in [5.74, 6) is 0.619. The Labute approximate surface area is 129 Å². The van der Waals surface area contributed by atoms with Crippen LogP contribution in [0.5, 0.6) is 0 Å². The number of rotatable bonds is 4. The molecule has 7 heteroatoms. The molecule has 1 aliphatic rings. The van der Waals surface area contributed by atoms with Crippen molar-refractivity contribution in [1.82, 2.24) is 25.2 Å². The fraction of sp³-hybridized carbons (Fsp3) is 0.533.